The fraction of sp³-hybridized carbons (Fsp3) is 0.625. The Kier molecular flexibility index (Phi) is 5.83. The Morgan fingerprint density at radius 2 is 2.00 bits per heavy atom. The van der Waals surface area contributed by atoms with Crippen LogP contribution in [0.4, 0.5) is 5.69 Å². The molecule has 2 rings (SSSR count). The summed E-state index contributed by atoms with van der Waals surface area (Å²) in [5.74, 6) is 0. The van der Waals surface area contributed by atoms with E-state index in [1.807, 2.05) is 26.0 Å². The average molecular weight is 279 g/mol. The molecule has 4 heteroatoms. The van der Waals surface area contributed by atoms with Crippen LogP contribution in [-0.2, 0) is 20.8 Å². The Morgan fingerprint density at radius 3 is 2.70 bits per heavy atom. The highest BCUT2D eigenvalue weighted by Gasteiger charge is 2.42. The maximum atomic E-state index is 5.65. The highest BCUT2D eigenvalue weighted by molar-refractivity contribution is 5.52. The van der Waals surface area contributed by atoms with Crippen LogP contribution in [0.25, 0.3) is 0 Å². The number of para-hydroxylation sites is 1. The molecule has 1 aliphatic carbocycles. The number of anilines is 1. The lowest BCUT2D eigenvalue weighted by atomic mass is 9.84. The van der Waals surface area contributed by atoms with Gasteiger partial charge in [0.2, 0.25) is 0 Å². The molecular formula is C16H25NO3. The summed E-state index contributed by atoms with van der Waals surface area (Å²) in [6, 6.07) is 8.57. The molecule has 0 aromatic heterocycles. The van der Waals surface area contributed by atoms with Crippen LogP contribution in [-0.4, -0.2) is 38.6 Å². The topological polar surface area (TPSA) is 39.7 Å². The molecule has 1 saturated carbocycles. The van der Waals surface area contributed by atoms with E-state index in [1.54, 1.807) is 7.11 Å². The van der Waals surface area contributed by atoms with Gasteiger partial charge >= 0.3 is 0 Å². The number of methoxy groups -OCH3 is 1. The zero-order valence-corrected chi connectivity index (χ0v) is 12.6. The summed E-state index contributed by atoms with van der Waals surface area (Å²) in [7, 11) is 1.75. The summed E-state index contributed by atoms with van der Waals surface area (Å²) in [5.41, 5.74) is 2.31. The van der Waals surface area contributed by atoms with Crippen LogP contribution in [0, 0.1) is 0 Å². The van der Waals surface area contributed by atoms with Crippen LogP contribution < -0.4 is 5.32 Å². The quantitative estimate of drug-likeness (QED) is 0.794. The normalized spacial score (nSPS) is 25.2. The van der Waals surface area contributed by atoms with Gasteiger partial charge in [-0.05, 0) is 26.3 Å². The van der Waals surface area contributed by atoms with Crippen LogP contribution in [0.15, 0.2) is 24.3 Å². The Hall–Kier alpha value is -1.10. The first-order chi connectivity index (χ1) is 9.80. The molecule has 1 aromatic carbocycles. The molecule has 1 fully saturated rings. The van der Waals surface area contributed by atoms with Gasteiger partial charge < -0.3 is 19.5 Å². The van der Waals surface area contributed by atoms with Gasteiger partial charge in [-0.1, -0.05) is 18.2 Å². The molecule has 0 radical (unpaired) electrons. The third-order valence-electron chi connectivity index (χ3n) is 3.72. The van der Waals surface area contributed by atoms with Gasteiger partial charge in [-0.2, -0.15) is 0 Å². The lowest BCUT2D eigenvalue weighted by Crippen LogP contribution is -2.56. The molecule has 20 heavy (non-hydrogen) atoms. The van der Waals surface area contributed by atoms with Crippen molar-refractivity contribution in [1.82, 2.24) is 0 Å². The second-order valence-corrected chi connectivity index (χ2v) is 4.97. The molecule has 112 valence electrons. The molecule has 3 atom stereocenters. The van der Waals surface area contributed by atoms with Gasteiger partial charge in [0.25, 0.3) is 0 Å². The molecular weight excluding hydrogens is 254 g/mol. The fourth-order valence-corrected chi connectivity index (χ4v) is 2.61. The standard InChI is InChI=1S/C16H25NO3/c1-4-19-11-12-8-6-7-9-13(12)17-14-10-15(20-5-2)16(14)18-3/h6-9,14-17H,4-5,10-11H2,1-3H3. The first-order valence-corrected chi connectivity index (χ1v) is 7.36. The van der Waals surface area contributed by atoms with E-state index >= 15 is 0 Å². The Labute approximate surface area is 121 Å². The summed E-state index contributed by atoms with van der Waals surface area (Å²) >= 11 is 0. The number of hydrogen-bond acceptors (Lipinski definition) is 4. The fourth-order valence-electron chi connectivity index (χ4n) is 2.61. The molecule has 3 unspecified atom stereocenters. The summed E-state index contributed by atoms with van der Waals surface area (Å²) in [6.45, 7) is 6.13. The van der Waals surface area contributed by atoms with E-state index in [1.165, 1.54) is 5.56 Å². The van der Waals surface area contributed by atoms with Crippen molar-refractivity contribution >= 4 is 5.69 Å². The molecule has 1 aromatic rings. The third kappa shape index (κ3) is 3.51. The Balaban J connectivity index is 1.96. The third-order valence-corrected chi connectivity index (χ3v) is 3.72. The summed E-state index contributed by atoms with van der Waals surface area (Å²) < 4.78 is 16.7. The van der Waals surface area contributed by atoms with Crippen LogP contribution >= 0.6 is 0 Å². The van der Waals surface area contributed by atoms with Crippen LogP contribution in [0.5, 0.6) is 0 Å². The molecule has 0 aliphatic heterocycles. The molecule has 0 spiro atoms. The van der Waals surface area contributed by atoms with Crippen molar-refractivity contribution in [3.05, 3.63) is 29.8 Å². The van der Waals surface area contributed by atoms with E-state index in [0.717, 1.165) is 25.3 Å². The van der Waals surface area contributed by atoms with Crippen molar-refractivity contribution in [2.45, 2.75) is 45.1 Å². The first kappa shape index (κ1) is 15.3. The van der Waals surface area contributed by atoms with E-state index in [-0.39, 0.29) is 12.2 Å². The van der Waals surface area contributed by atoms with Crippen molar-refractivity contribution in [2.75, 3.05) is 25.6 Å². The van der Waals surface area contributed by atoms with Crippen molar-refractivity contribution < 1.29 is 14.2 Å². The second-order valence-electron chi connectivity index (χ2n) is 4.97. The lowest BCUT2D eigenvalue weighted by Gasteiger charge is -2.44. The van der Waals surface area contributed by atoms with Gasteiger partial charge in [0, 0.05) is 31.6 Å². The van der Waals surface area contributed by atoms with Crippen LogP contribution in [0.3, 0.4) is 0 Å². The van der Waals surface area contributed by atoms with Crippen LogP contribution in [0.2, 0.25) is 0 Å². The number of hydrogen-bond donors (Lipinski definition) is 1. The van der Waals surface area contributed by atoms with Crippen LogP contribution in [0.1, 0.15) is 25.8 Å². The second kappa shape index (κ2) is 7.62. The first-order valence-electron chi connectivity index (χ1n) is 7.36. The van der Waals surface area contributed by atoms with E-state index in [9.17, 15) is 0 Å². The van der Waals surface area contributed by atoms with E-state index in [4.69, 9.17) is 14.2 Å². The van der Waals surface area contributed by atoms with Gasteiger partial charge in [-0.3, -0.25) is 0 Å². The van der Waals surface area contributed by atoms with Gasteiger partial charge in [0.1, 0.15) is 6.10 Å². The number of ether oxygens (including phenoxy) is 3. The zero-order chi connectivity index (χ0) is 14.4. The maximum absolute atomic E-state index is 5.65. The summed E-state index contributed by atoms with van der Waals surface area (Å²) in [4.78, 5) is 0. The minimum absolute atomic E-state index is 0.120. The van der Waals surface area contributed by atoms with E-state index in [0.29, 0.717) is 12.6 Å². The molecule has 4 nitrogen and oxygen atoms in total. The molecule has 1 aliphatic rings. The van der Waals surface area contributed by atoms with Gasteiger partial charge in [-0.25, -0.2) is 0 Å². The SMILES string of the molecule is CCOCc1ccccc1NC1CC(OCC)C1OC. The predicted molar refractivity (Wildman–Crippen MR) is 80.0 cm³/mol. The Morgan fingerprint density at radius 1 is 1.20 bits per heavy atom. The molecule has 0 amide bonds. The van der Waals surface area contributed by atoms with Gasteiger partial charge in [-0.15, -0.1) is 0 Å². The highest BCUT2D eigenvalue weighted by Crippen LogP contribution is 2.31. The number of rotatable bonds is 8. The number of benzene rings is 1. The summed E-state index contributed by atoms with van der Waals surface area (Å²) in [5, 5.41) is 3.56. The molecule has 0 heterocycles. The highest BCUT2D eigenvalue weighted by atomic mass is 16.5. The lowest BCUT2D eigenvalue weighted by molar-refractivity contribution is -0.118. The van der Waals surface area contributed by atoms with Gasteiger partial charge in [0.15, 0.2) is 0 Å². The maximum Gasteiger partial charge on any atom is 0.103 e. The average Bonchev–Trinajstić information content (AvgIpc) is 2.45. The van der Waals surface area contributed by atoms with E-state index in [2.05, 4.69) is 17.4 Å². The van der Waals surface area contributed by atoms with Gasteiger partial charge in [0.05, 0.1) is 18.8 Å². The minimum Gasteiger partial charge on any atom is -0.379 e. The smallest absolute Gasteiger partial charge is 0.103 e. The molecule has 1 N–H and O–H groups in total. The largest absolute Gasteiger partial charge is 0.379 e. The van der Waals surface area contributed by atoms with E-state index < -0.39 is 0 Å². The van der Waals surface area contributed by atoms with Crippen molar-refractivity contribution in [1.29, 1.82) is 0 Å². The molecule has 0 saturated heterocycles. The van der Waals surface area contributed by atoms with Crippen molar-refractivity contribution in [2.24, 2.45) is 0 Å². The summed E-state index contributed by atoms with van der Waals surface area (Å²) in [6.07, 6.45) is 1.31. The number of nitrogens with one attached hydrogen (secondary N) is 1. The predicted octanol–water partition coefficient (Wildman–Crippen LogP) is 2.83. The monoisotopic (exact) mass is 279 g/mol. The molecule has 0 bridgehead atoms. The van der Waals surface area contributed by atoms with Crippen molar-refractivity contribution in [3.8, 4) is 0 Å². The minimum atomic E-state index is 0.120. The van der Waals surface area contributed by atoms with Crippen molar-refractivity contribution in [3.63, 3.8) is 0 Å². The Bertz CT molecular complexity index is 410. The zero-order valence-electron chi connectivity index (χ0n) is 12.6.